The summed E-state index contributed by atoms with van der Waals surface area (Å²) >= 11 is 13.1. The Labute approximate surface area is 222 Å². The number of aromatic nitrogens is 5. The molecule has 0 saturated carbocycles. The summed E-state index contributed by atoms with van der Waals surface area (Å²) in [6.07, 6.45) is 4.96. The van der Waals surface area contributed by atoms with Gasteiger partial charge in [-0.05, 0) is 30.3 Å². The van der Waals surface area contributed by atoms with E-state index in [2.05, 4.69) is 20.6 Å². The molecule has 9 nitrogen and oxygen atoms in total. The number of halogens is 2. The van der Waals surface area contributed by atoms with E-state index >= 15 is 0 Å². The number of amides is 1. The van der Waals surface area contributed by atoms with E-state index in [0.717, 1.165) is 16.6 Å². The molecule has 0 aliphatic rings. The topological polar surface area (TPSA) is 107 Å². The number of hydrogen-bond acceptors (Lipinski definition) is 7. The standard InChI is InChI=1S/C26H21Cl2N7O2/c1-29-26(36)17-7-8-19(27)18(22(17)28)14-35-20-6-4-3-5-16(20)23(34-35)25-31-13-21(37-2)24(33-25)32-15-9-11-30-12-10-15/h3-13H,14H2,1-2H3,(H,29,36)(H,30,31,32,33). The van der Waals surface area contributed by atoms with Crippen molar-refractivity contribution in [3.8, 4) is 17.3 Å². The molecule has 0 spiro atoms. The number of benzene rings is 2. The predicted molar refractivity (Wildman–Crippen MR) is 144 cm³/mol. The van der Waals surface area contributed by atoms with E-state index in [0.29, 0.717) is 39.2 Å². The minimum Gasteiger partial charge on any atom is -0.491 e. The average Bonchev–Trinajstić information content (AvgIpc) is 3.29. The van der Waals surface area contributed by atoms with Gasteiger partial charge in [0.25, 0.3) is 5.91 Å². The van der Waals surface area contributed by atoms with Gasteiger partial charge in [0.2, 0.25) is 0 Å². The number of nitrogens with zero attached hydrogens (tertiary/aromatic N) is 5. The zero-order valence-corrected chi connectivity index (χ0v) is 21.4. The van der Waals surface area contributed by atoms with Crippen LogP contribution in [0.4, 0.5) is 11.5 Å². The molecule has 3 heterocycles. The maximum absolute atomic E-state index is 12.3. The third-order valence-electron chi connectivity index (χ3n) is 5.75. The van der Waals surface area contributed by atoms with E-state index in [1.807, 2.05) is 36.4 Å². The van der Waals surface area contributed by atoms with Crippen molar-refractivity contribution >= 4 is 51.5 Å². The fourth-order valence-electron chi connectivity index (χ4n) is 3.91. The Bertz CT molecular complexity index is 1610. The number of ether oxygens (including phenoxy) is 1. The van der Waals surface area contributed by atoms with Crippen molar-refractivity contribution in [2.24, 2.45) is 0 Å². The fourth-order valence-corrected chi connectivity index (χ4v) is 4.49. The molecule has 186 valence electrons. The Balaban J connectivity index is 1.59. The van der Waals surface area contributed by atoms with Crippen LogP contribution in [0.1, 0.15) is 15.9 Å². The van der Waals surface area contributed by atoms with Crippen LogP contribution >= 0.6 is 23.2 Å². The molecule has 0 saturated heterocycles. The van der Waals surface area contributed by atoms with Gasteiger partial charge in [-0.25, -0.2) is 9.97 Å². The van der Waals surface area contributed by atoms with Gasteiger partial charge in [0.05, 0.1) is 36.0 Å². The summed E-state index contributed by atoms with van der Waals surface area (Å²) in [5.74, 6) is 1.08. The van der Waals surface area contributed by atoms with Crippen molar-refractivity contribution in [3.63, 3.8) is 0 Å². The Morgan fingerprint density at radius 2 is 1.86 bits per heavy atom. The zero-order valence-electron chi connectivity index (χ0n) is 19.9. The molecule has 2 N–H and O–H groups in total. The first-order valence-electron chi connectivity index (χ1n) is 11.2. The van der Waals surface area contributed by atoms with Crippen LogP contribution in [0.15, 0.2) is 67.1 Å². The van der Waals surface area contributed by atoms with Crippen LogP contribution in [0.25, 0.3) is 22.4 Å². The van der Waals surface area contributed by atoms with Gasteiger partial charge >= 0.3 is 0 Å². The molecular formula is C26H21Cl2N7O2. The Morgan fingerprint density at radius 1 is 1.08 bits per heavy atom. The number of fused-ring (bicyclic) bond motifs is 1. The molecular weight excluding hydrogens is 513 g/mol. The average molecular weight is 534 g/mol. The minimum absolute atomic E-state index is 0.237. The van der Waals surface area contributed by atoms with Gasteiger partial charge in [0.1, 0.15) is 5.69 Å². The van der Waals surface area contributed by atoms with E-state index in [9.17, 15) is 4.79 Å². The number of nitrogens with one attached hydrogen (secondary N) is 2. The van der Waals surface area contributed by atoms with Crippen LogP contribution in [0, 0.1) is 0 Å². The molecule has 1 amide bonds. The lowest BCUT2D eigenvalue weighted by Crippen LogP contribution is -2.19. The van der Waals surface area contributed by atoms with E-state index in [1.54, 1.807) is 49.6 Å². The Morgan fingerprint density at radius 3 is 2.62 bits per heavy atom. The van der Waals surface area contributed by atoms with Crippen LogP contribution in [0.2, 0.25) is 10.0 Å². The number of methoxy groups -OCH3 is 1. The van der Waals surface area contributed by atoms with E-state index in [-0.39, 0.29) is 17.5 Å². The number of rotatable bonds is 7. The van der Waals surface area contributed by atoms with E-state index in [4.69, 9.17) is 38.0 Å². The van der Waals surface area contributed by atoms with Gasteiger partial charge in [-0.15, -0.1) is 0 Å². The normalized spacial score (nSPS) is 10.9. The molecule has 0 aliphatic heterocycles. The van der Waals surface area contributed by atoms with Gasteiger partial charge in [-0.2, -0.15) is 5.10 Å². The van der Waals surface area contributed by atoms with Crippen molar-refractivity contribution < 1.29 is 9.53 Å². The molecule has 0 atom stereocenters. The molecule has 37 heavy (non-hydrogen) atoms. The van der Waals surface area contributed by atoms with Crippen LogP contribution < -0.4 is 15.4 Å². The second kappa shape index (κ2) is 10.4. The Hall–Kier alpha value is -4.21. The SMILES string of the molecule is CNC(=O)c1ccc(Cl)c(Cn2nc(-c3ncc(OC)c(Nc4ccncc4)n3)c3ccccc32)c1Cl. The van der Waals surface area contributed by atoms with Crippen LogP contribution in [-0.4, -0.2) is 44.8 Å². The minimum atomic E-state index is -0.296. The van der Waals surface area contributed by atoms with E-state index in [1.165, 1.54) is 0 Å². The first-order valence-corrected chi connectivity index (χ1v) is 12.0. The van der Waals surface area contributed by atoms with Crippen molar-refractivity contribution in [1.82, 2.24) is 30.0 Å². The van der Waals surface area contributed by atoms with Crippen molar-refractivity contribution in [3.05, 3.63) is 88.3 Å². The van der Waals surface area contributed by atoms with Crippen molar-refractivity contribution in [2.75, 3.05) is 19.5 Å². The molecule has 3 aromatic heterocycles. The fraction of sp³-hybridized carbons (Fsp3) is 0.115. The third kappa shape index (κ3) is 4.78. The quantitative estimate of drug-likeness (QED) is 0.290. The molecule has 0 bridgehead atoms. The first-order chi connectivity index (χ1) is 18.0. The maximum atomic E-state index is 12.3. The van der Waals surface area contributed by atoms with E-state index < -0.39 is 0 Å². The number of carbonyl (C=O) groups excluding carboxylic acids is 1. The van der Waals surface area contributed by atoms with Crippen molar-refractivity contribution in [1.29, 1.82) is 0 Å². The monoisotopic (exact) mass is 533 g/mol. The summed E-state index contributed by atoms with van der Waals surface area (Å²) in [6, 6.07) is 14.6. The van der Waals surface area contributed by atoms with Gasteiger partial charge in [-0.3, -0.25) is 14.5 Å². The summed E-state index contributed by atoms with van der Waals surface area (Å²) in [6.45, 7) is 0.237. The van der Waals surface area contributed by atoms with Crippen molar-refractivity contribution in [2.45, 2.75) is 6.54 Å². The summed E-state index contributed by atoms with van der Waals surface area (Å²) in [4.78, 5) is 25.5. The molecule has 5 aromatic rings. The van der Waals surface area contributed by atoms with Crippen LogP contribution in [-0.2, 0) is 6.54 Å². The number of pyridine rings is 1. The number of anilines is 2. The second-order valence-electron chi connectivity index (χ2n) is 7.96. The lowest BCUT2D eigenvalue weighted by Gasteiger charge is -2.12. The van der Waals surface area contributed by atoms with Crippen LogP contribution in [0.5, 0.6) is 5.75 Å². The highest BCUT2D eigenvalue weighted by Gasteiger charge is 2.20. The highest BCUT2D eigenvalue weighted by atomic mass is 35.5. The highest BCUT2D eigenvalue weighted by molar-refractivity contribution is 6.38. The molecule has 5 rings (SSSR count). The first kappa shape index (κ1) is 24.5. The van der Waals surface area contributed by atoms with Gasteiger partial charge in [0.15, 0.2) is 17.4 Å². The molecule has 0 radical (unpaired) electrons. The molecule has 0 unspecified atom stereocenters. The van der Waals surface area contributed by atoms with Crippen LogP contribution in [0.3, 0.4) is 0 Å². The Kier molecular flexibility index (Phi) is 6.89. The number of carbonyl (C=O) groups is 1. The lowest BCUT2D eigenvalue weighted by atomic mass is 10.1. The van der Waals surface area contributed by atoms with Gasteiger partial charge in [0, 0.05) is 41.1 Å². The smallest absolute Gasteiger partial charge is 0.252 e. The lowest BCUT2D eigenvalue weighted by molar-refractivity contribution is 0.0963. The number of para-hydroxylation sites is 1. The molecule has 2 aromatic carbocycles. The predicted octanol–water partition coefficient (Wildman–Crippen LogP) is 5.36. The van der Waals surface area contributed by atoms with Gasteiger partial charge < -0.3 is 15.4 Å². The highest BCUT2D eigenvalue weighted by Crippen LogP contribution is 2.33. The number of hydrogen-bond donors (Lipinski definition) is 2. The summed E-state index contributed by atoms with van der Waals surface area (Å²) in [5, 5.41) is 12.2. The third-order valence-corrected chi connectivity index (χ3v) is 6.54. The second-order valence-corrected chi connectivity index (χ2v) is 8.75. The maximum Gasteiger partial charge on any atom is 0.252 e. The summed E-state index contributed by atoms with van der Waals surface area (Å²) < 4.78 is 7.23. The molecule has 0 aliphatic carbocycles. The largest absolute Gasteiger partial charge is 0.491 e. The molecule has 11 heteroatoms. The van der Waals surface area contributed by atoms with Gasteiger partial charge in [-0.1, -0.05) is 41.4 Å². The molecule has 0 fully saturated rings. The summed E-state index contributed by atoms with van der Waals surface area (Å²) in [5.41, 5.74) is 3.13. The summed E-state index contributed by atoms with van der Waals surface area (Å²) in [7, 11) is 3.10. The zero-order chi connectivity index (χ0) is 25.9.